The molecule has 0 radical (unpaired) electrons. The monoisotopic (exact) mass is 342 g/mol. The van der Waals surface area contributed by atoms with Crippen LogP contribution in [0.25, 0.3) is 10.1 Å². The topological polar surface area (TPSA) is 0 Å². The van der Waals surface area contributed by atoms with Crippen LogP contribution in [0, 0.1) is 5.82 Å². The molecule has 1 aromatic heterocycles. The average molecular weight is 343 g/mol. The Kier molecular flexibility index (Phi) is 4.78. The van der Waals surface area contributed by atoms with Gasteiger partial charge in [0.1, 0.15) is 5.82 Å². The van der Waals surface area contributed by atoms with Crippen LogP contribution in [0.4, 0.5) is 17.6 Å². The van der Waals surface area contributed by atoms with Gasteiger partial charge in [0.25, 0.3) is 0 Å². The zero-order chi connectivity index (χ0) is 12.6. The molecule has 2 rings (SSSR count). The number of benzene rings is 1. The number of halogens is 5. The maximum atomic E-state index is 13.1. The highest BCUT2D eigenvalue weighted by Crippen LogP contribution is 2.51. The summed E-state index contributed by atoms with van der Waals surface area (Å²) < 4.78 is 52.1. The molecule has 0 saturated carbocycles. The Labute approximate surface area is 115 Å². The van der Waals surface area contributed by atoms with Gasteiger partial charge in [-0.2, -0.15) is 0 Å². The van der Waals surface area contributed by atoms with E-state index in [0.717, 1.165) is 6.07 Å². The van der Waals surface area contributed by atoms with E-state index < -0.39 is 21.8 Å². The minimum Gasteiger partial charge on any atom is -1.00 e. The van der Waals surface area contributed by atoms with Gasteiger partial charge < -0.3 is 17.0 Å². The smallest absolute Gasteiger partial charge is 0.600 e. The van der Waals surface area contributed by atoms with Gasteiger partial charge in [-0.25, -0.2) is 4.39 Å². The number of thiophene rings is 1. The maximum Gasteiger partial charge on any atom is 0.600 e. The van der Waals surface area contributed by atoms with Crippen molar-refractivity contribution >= 4 is 20.6 Å². The molecule has 1 atom stereocenters. The van der Waals surface area contributed by atoms with Crippen LogP contribution in [0.2, 0.25) is 0 Å². The van der Waals surface area contributed by atoms with E-state index in [2.05, 4.69) is 0 Å². The van der Waals surface area contributed by atoms with Crippen LogP contribution >= 0.6 is 10.5 Å². The SMILES string of the molecule is CCCc1cc2ccc(F)cc2[s+]1C(F)(F)F.[Br-]. The predicted molar refractivity (Wildman–Crippen MR) is 61.7 cm³/mol. The molecule has 0 saturated heterocycles. The van der Waals surface area contributed by atoms with Crippen molar-refractivity contribution in [2.75, 3.05) is 0 Å². The van der Waals surface area contributed by atoms with Crippen LogP contribution < -0.4 is 17.0 Å². The Hall–Kier alpha value is -0.620. The third kappa shape index (κ3) is 2.85. The first-order chi connectivity index (χ1) is 7.93. The number of alkyl halides is 3. The number of hydrogen-bond acceptors (Lipinski definition) is 0. The molecule has 6 heteroatoms. The number of hydrogen-bond donors (Lipinski definition) is 0. The normalized spacial score (nSPS) is 12.6. The van der Waals surface area contributed by atoms with Gasteiger partial charge in [-0.1, -0.05) is 6.92 Å². The summed E-state index contributed by atoms with van der Waals surface area (Å²) >= 11 is 0. The van der Waals surface area contributed by atoms with Crippen LogP contribution in [-0.4, -0.2) is 0 Å². The molecule has 100 valence electrons. The molecule has 0 bridgehead atoms. The van der Waals surface area contributed by atoms with Gasteiger partial charge >= 0.3 is 5.51 Å². The summed E-state index contributed by atoms with van der Waals surface area (Å²) in [5.41, 5.74) is -4.32. The molecule has 0 nitrogen and oxygen atoms in total. The Bertz CT molecular complexity index is 545. The number of fused-ring (bicyclic) bond motifs is 1. The Balaban J connectivity index is 0.00000162. The molecule has 1 heterocycles. The van der Waals surface area contributed by atoms with Gasteiger partial charge in [0.2, 0.25) is 0 Å². The molecular formula is C12H11BrF4S. The first-order valence-electron chi connectivity index (χ1n) is 5.24. The van der Waals surface area contributed by atoms with Gasteiger partial charge in [-0.15, -0.1) is 13.2 Å². The largest absolute Gasteiger partial charge is 1.00 e. The molecule has 0 spiro atoms. The fourth-order valence-electron chi connectivity index (χ4n) is 1.87. The van der Waals surface area contributed by atoms with Crippen LogP contribution in [-0.2, 0) is 11.9 Å². The van der Waals surface area contributed by atoms with Gasteiger partial charge in [0, 0.05) is 23.9 Å². The van der Waals surface area contributed by atoms with Gasteiger partial charge in [-0.05, 0) is 18.6 Å². The minimum absolute atomic E-state index is 0. The summed E-state index contributed by atoms with van der Waals surface area (Å²) in [6, 6.07) is 5.17. The van der Waals surface area contributed by atoms with Gasteiger partial charge in [-0.3, -0.25) is 0 Å². The van der Waals surface area contributed by atoms with Gasteiger partial charge in [0.05, 0.1) is 10.5 Å². The van der Waals surface area contributed by atoms with Crippen LogP contribution in [0.1, 0.15) is 18.2 Å². The molecule has 18 heavy (non-hydrogen) atoms. The second-order valence-corrected chi connectivity index (χ2v) is 5.83. The fourth-order valence-corrected chi connectivity index (χ4v) is 3.95. The minimum atomic E-state index is -4.32. The van der Waals surface area contributed by atoms with Crippen LogP contribution in [0.3, 0.4) is 0 Å². The predicted octanol–water partition coefficient (Wildman–Crippen LogP) is 2.16. The summed E-state index contributed by atoms with van der Waals surface area (Å²) in [5.74, 6) is -0.614. The molecule has 1 aromatic carbocycles. The molecule has 0 N–H and O–H groups in total. The quantitative estimate of drug-likeness (QED) is 0.579. The second kappa shape index (κ2) is 5.57. The molecule has 0 aliphatic heterocycles. The maximum absolute atomic E-state index is 13.1. The summed E-state index contributed by atoms with van der Waals surface area (Å²) in [6.07, 6.45) is 1.06. The van der Waals surface area contributed by atoms with E-state index >= 15 is 0 Å². The fraction of sp³-hybridized carbons (Fsp3) is 0.333. The highest BCUT2D eigenvalue weighted by Gasteiger charge is 2.47. The first kappa shape index (κ1) is 15.4. The lowest BCUT2D eigenvalue weighted by molar-refractivity contribution is -0.0867. The van der Waals surface area contributed by atoms with E-state index in [4.69, 9.17) is 0 Å². The Morgan fingerprint density at radius 2 is 1.83 bits per heavy atom. The zero-order valence-electron chi connectivity index (χ0n) is 9.52. The number of aryl methyl sites for hydroxylation is 1. The molecule has 0 aliphatic rings. The number of rotatable bonds is 2. The van der Waals surface area contributed by atoms with Crippen molar-refractivity contribution in [1.29, 1.82) is 0 Å². The van der Waals surface area contributed by atoms with Crippen molar-refractivity contribution in [2.24, 2.45) is 0 Å². The van der Waals surface area contributed by atoms with E-state index in [-0.39, 0.29) is 21.7 Å². The Morgan fingerprint density at radius 3 is 2.39 bits per heavy atom. The molecule has 2 aromatic rings. The van der Waals surface area contributed by atoms with Gasteiger partial charge in [0.15, 0.2) is 9.58 Å². The first-order valence-corrected chi connectivity index (χ1v) is 6.47. The van der Waals surface area contributed by atoms with E-state index in [1.54, 1.807) is 6.07 Å². The van der Waals surface area contributed by atoms with Crippen molar-refractivity contribution < 1.29 is 34.5 Å². The van der Waals surface area contributed by atoms with E-state index in [1.807, 2.05) is 6.92 Å². The van der Waals surface area contributed by atoms with Crippen molar-refractivity contribution in [3.05, 3.63) is 35.0 Å². The lowest BCUT2D eigenvalue weighted by Crippen LogP contribution is -3.00. The van der Waals surface area contributed by atoms with Crippen LogP contribution in [0.15, 0.2) is 24.3 Å². The lowest BCUT2D eigenvalue weighted by Gasteiger charge is -1.99. The third-order valence-electron chi connectivity index (χ3n) is 2.50. The van der Waals surface area contributed by atoms with E-state index in [0.29, 0.717) is 23.1 Å². The molecular weight excluding hydrogens is 332 g/mol. The summed E-state index contributed by atoms with van der Waals surface area (Å²) in [4.78, 5) is 0.362. The van der Waals surface area contributed by atoms with Crippen molar-refractivity contribution in [3.8, 4) is 0 Å². The third-order valence-corrected chi connectivity index (χ3v) is 4.60. The molecule has 0 fully saturated rings. The summed E-state index contributed by atoms with van der Waals surface area (Å²) in [5, 5.41) is 0.496. The van der Waals surface area contributed by atoms with E-state index in [9.17, 15) is 17.6 Å². The molecule has 0 aliphatic carbocycles. The average Bonchev–Trinajstić information content (AvgIpc) is 2.54. The zero-order valence-corrected chi connectivity index (χ0v) is 11.9. The highest BCUT2D eigenvalue weighted by atomic mass is 79.9. The summed E-state index contributed by atoms with van der Waals surface area (Å²) in [6.45, 7) is 1.84. The Morgan fingerprint density at radius 1 is 1.17 bits per heavy atom. The lowest BCUT2D eigenvalue weighted by atomic mass is 10.2. The second-order valence-electron chi connectivity index (χ2n) is 3.79. The molecule has 1 unspecified atom stereocenters. The van der Waals surface area contributed by atoms with Crippen LogP contribution in [0.5, 0.6) is 0 Å². The van der Waals surface area contributed by atoms with E-state index in [1.165, 1.54) is 12.1 Å². The molecule has 0 amide bonds. The van der Waals surface area contributed by atoms with Crippen molar-refractivity contribution in [2.45, 2.75) is 25.3 Å². The summed E-state index contributed by atoms with van der Waals surface area (Å²) in [7, 11) is -1.95. The van der Waals surface area contributed by atoms with Crippen molar-refractivity contribution in [1.82, 2.24) is 0 Å². The van der Waals surface area contributed by atoms with Crippen molar-refractivity contribution in [3.63, 3.8) is 0 Å². The standard InChI is InChI=1S/C12H11F4S.BrH/c1-2-3-10-6-8-4-5-9(13)7-11(8)17(10)12(14,15)16;/h4-7H,2-3H2,1H3;1H/q+1;/p-1. The highest BCUT2D eigenvalue weighted by molar-refractivity contribution is 7.38.